The van der Waals surface area contributed by atoms with Crippen LogP contribution in [-0.2, 0) is 13.5 Å². The molecule has 114 valence electrons. The van der Waals surface area contributed by atoms with Crippen LogP contribution in [0.3, 0.4) is 0 Å². The van der Waals surface area contributed by atoms with Gasteiger partial charge in [-0.2, -0.15) is 5.10 Å². The van der Waals surface area contributed by atoms with E-state index in [1.54, 1.807) is 7.11 Å². The van der Waals surface area contributed by atoms with Gasteiger partial charge in [-0.25, -0.2) is 5.43 Å². The lowest BCUT2D eigenvalue weighted by Crippen LogP contribution is -2.31. The van der Waals surface area contributed by atoms with Crippen molar-refractivity contribution in [3.63, 3.8) is 0 Å². The molecule has 0 spiro atoms. The van der Waals surface area contributed by atoms with E-state index in [0.717, 1.165) is 34.7 Å². The van der Waals surface area contributed by atoms with Crippen molar-refractivity contribution in [2.24, 2.45) is 12.9 Å². The molecule has 1 heterocycles. The van der Waals surface area contributed by atoms with E-state index >= 15 is 0 Å². The van der Waals surface area contributed by atoms with Crippen LogP contribution in [0.15, 0.2) is 18.2 Å². The number of rotatable bonds is 5. The third-order valence-corrected chi connectivity index (χ3v) is 3.79. The number of benzene rings is 1. The fraction of sp³-hybridized carbons (Fsp3) is 0.438. The van der Waals surface area contributed by atoms with Crippen LogP contribution in [0.25, 0.3) is 0 Å². The first kappa shape index (κ1) is 15.5. The van der Waals surface area contributed by atoms with E-state index in [1.165, 1.54) is 5.56 Å². The second-order valence-electron chi connectivity index (χ2n) is 5.34. The minimum atomic E-state index is -0.154. The summed E-state index contributed by atoms with van der Waals surface area (Å²) in [6.45, 7) is 6.23. The Kier molecular flexibility index (Phi) is 4.65. The summed E-state index contributed by atoms with van der Waals surface area (Å²) in [5.41, 5.74) is 8.36. The van der Waals surface area contributed by atoms with Crippen molar-refractivity contribution in [2.45, 2.75) is 33.2 Å². The molecule has 1 aromatic heterocycles. The third kappa shape index (κ3) is 2.94. The van der Waals surface area contributed by atoms with Crippen molar-refractivity contribution in [1.29, 1.82) is 0 Å². The highest BCUT2D eigenvalue weighted by Gasteiger charge is 2.23. The zero-order valence-corrected chi connectivity index (χ0v) is 13.4. The topological polar surface area (TPSA) is 65.1 Å². The highest BCUT2D eigenvalue weighted by atomic mass is 16.5. The second kappa shape index (κ2) is 6.28. The summed E-state index contributed by atoms with van der Waals surface area (Å²) in [6.07, 6.45) is 0.898. The smallest absolute Gasteiger partial charge is 0.124 e. The molecule has 2 aromatic rings. The molecular weight excluding hydrogens is 264 g/mol. The lowest BCUT2D eigenvalue weighted by atomic mass is 9.95. The Morgan fingerprint density at radius 3 is 2.57 bits per heavy atom. The van der Waals surface area contributed by atoms with Crippen LogP contribution < -0.4 is 16.0 Å². The Hall–Kier alpha value is -1.85. The highest BCUT2D eigenvalue weighted by molar-refractivity contribution is 5.47. The molecule has 0 amide bonds. The summed E-state index contributed by atoms with van der Waals surface area (Å²) in [7, 11) is 3.63. The van der Waals surface area contributed by atoms with E-state index in [1.807, 2.05) is 17.8 Å². The lowest BCUT2D eigenvalue weighted by molar-refractivity contribution is 0.401. The van der Waals surface area contributed by atoms with E-state index in [9.17, 15) is 0 Å². The minimum Gasteiger partial charge on any atom is -0.496 e. The molecule has 1 unspecified atom stereocenters. The molecule has 0 saturated heterocycles. The summed E-state index contributed by atoms with van der Waals surface area (Å²) in [4.78, 5) is 0. The number of nitrogens with zero attached hydrogens (tertiary/aromatic N) is 2. The number of ether oxygens (including phenoxy) is 1. The lowest BCUT2D eigenvalue weighted by Gasteiger charge is -2.22. The van der Waals surface area contributed by atoms with E-state index < -0.39 is 0 Å². The van der Waals surface area contributed by atoms with Gasteiger partial charge >= 0.3 is 0 Å². The van der Waals surface area contributed by atoms with Crippen molar-refractivity contribution in [2.75, 3.05) is 7.11 Å². The molecule has 2 rings (SSSR count). The number of nitrogens with one attached hydrogen (secondary N) is 1. The molecule has 0 fully saturated rings. The van der Waals surface area contributed by atoms with Gasteiger partial charge < -0.3 is 4.74 Å². The summed E-state index contributed by atoms with van der Waals surface area (Å²) in [5, 5.41) is 4.51. The summed E-state index contributed by atoms with van der Waals surface area (Å²) >= 11 is 0. The Balaban J connectivity index is 2.58. The molecule has 5 nitrogen and oxygen atoms in total. The van der Waals surface area contributed by atoms with Crippen molar-refractivity contribution < 1.29 is 4.74 Å². The monoisotopic (exact) mass is 288 g/mol. The largest absolute Gasteiger partial charge is 0.496 e. The molecule has 3 N–H and O–H groups in total. The van der Waals surface area contributed by atoms with E-state index in [2.05, 4.69) is 43.4 Å². The number of aromatic nitrogens is 2. The Bertz CT molecular complexity index is 633. The Morgan fingerprint density at radius 1 is 1.33 bits per heavy atom. The van der Waals surface area contributed by atoms with Crippen molar-refractivity contribution in [1.82, 2.24) is 15.2 Å². The van der Waals surface area contributed by atoms with Crippen LogP contribution >= 0.6 is 0 Å². The first-order valence-corrected chi connectivity index (χ1v) is 7.15. The van der Waals surface area contributed by atoms with Crippen molar-refractivity contribution in [3.05, 3.63) is 46.3 Å². The molecule has 0 saturated carbocycles. The molecule has 0 aliphatic carbocycles. The molecule has 0 radical (unpaired) electrons. The number of hydrogen-bond donors (Lipinski definition) is 2. The fourth-order valence-electron chi connectivity index (χ4n) is 2.78. The van der Waals surface area contributed by atoms with Crippen LogP contribution in [0, 0.1) is 13.8 Å². The number of hydrazine groups is 1. The van der Waals surface area contributed by atoms with E-state index in [-0.39, 0.29) is 6.04 Å². The molecule has 1 atom stereocenters. The van der Waals surface area contributed by atoms with E-state index in [4.69, 9.17) is 10.6 Å². The average molecular weight is 288 g/mol. The SMILES string of the molecule is CCc1cc(C(NN)c2c(C)cc(C)cc2OC)n(C)n1. The zero-order chi connectivity index (χ0) is 15.6. The van der Waals surface area contributed by atoms with E-state index in [0.29, 0.717) is 0 Å². The standard InChI is InChI=1S/C16H24N4O/c1-6-12-9-13(20(4)19-12)16(18-17)15-11(3)7-10(2)8-14(15)21-5/h7-9,16,18H,6,17H2,1-5H3. The van der Waals surface area contributed by atoms with Gasteiger partial charge in [-0.1, -0.05) is 13.0 Å². The maximum atomic E-state index is 5.84. The third-order valence-electron chi connectivity index (χ3n) is 3.79. The van der Waals surface area contributed by atoms with Gasteiger partial charge in [0.25, 0.3) is 0 Å². The van der Waals surface area contributed by atoms with Crippen molar-refractivity contribution >= 4 is 0 Å². The first-order valence-electron chi connectivity index (χ1n) is 7.15. The van der Waals surface area contributed by atoms with Gasteiger partial charge in [0.2, 0.25) is 0 Å². The summed E-state index contributed by atoms with van der Waals surface area (Å²) < 4.78 is 7.44. The molecule has 5 heteroatoms. The molecule has 0 aliphatic rings. The first-order chi connectivity index (χ1) is 10.0. The van der Waals surface area contributed by atoms with Crippen LogP contribution in [0.4, 0.5) is 0 Å². The number of nitrogens with two attached hydrogens (primary N) is 1. The zero-order valence-electron chi connectivity index (χ0n) is 13.4. The molecule has 0 bridgehead atoms. The van der Waals surface area contributed by atoms with Gasteiger partial charge in [-0.05, 0) is 43.5 Å². The quantitative estimate of drug-likeness (QED) is 0.653. The fourth-order valence-corrected chi connectivity index (χ4v) is 2.78. The summed E-state index contributed by atoms with van der Waals surface area (Å²) in [5.74, 6) is 6.68. The average Bonchev–Trinajstić information content (AvgIpc) is 2.82. The molecule has 1 aromatic carbocycles. The van der Waals surface area contributed by atoms with Crippen LogP contribution in [-0.4, -0.2) is 16.9 Å². The number of aryl methyl sites for hydroxylation is 4. The van der Waals surface area contributed by atoms with Crippen LogP contribution in [0.5, 0.6) is 5.75 Å². The number of hydrogen-bond acceptors (Lipinski definition) is 4. The van der Waals surface area contributed by atoms with Gasteiger partial charge in [0, 0.05) is 12.6 Å². The minimum absolute atomic E-state index is 0.154. The predicted octanol–water partition coefficient (Wildman–Crippen LogP) is 2.16. The predicted molar refractivity (Wildman–Crippen MR) is 84.2 cm³/mol. The van der Waals surface area contributed by atoms with Gasteiger partial charge in [-0.15, -0.1) is 0 Å². The van der Waals surface area contributed by atoms with Gasteiger partial charge in [0.05, 0.1) is 24.5 Å². The normalized spacial score (nSPS) is 12.5. The maximum absolute atomic E-state index is 5.84. The second-order valence-corrected chi connectivity index (χ2v) is 5.34. The van der Waals surface area contributed by atoms with Gasteiger partial charge in [0.15, 0.2) is 0 Å². The summed E-state index contributed by atoms with van der Waals surface area (Å²) in [6, 6.07) is 6.10. The molecular formula is C16H24N4O. The van der Waals surface area contributed by atoms with Gasteiger partial charge in [0.1, 0.15) is 5.75 Å². The molecule has 0 aliphatic heterocycles. The van der Waals surface area contributed by atoms with Crippen LogP contribution in [0.1, 0.15) is 41.0 Å². The maximum Gasteiger partial charge on any atom is 0.124 e. The van der Waals surface area contributed by atoms with Gasteiger partial charge in [-0.3, -0.25) is 10.5 Å². The molecule has 21 heavy (non-hydrogen) atoms. The van der Waals surface area contributed by atoms with Crippen LogP contribution in [0.2, 0.25) is 0 Å². The highest BCUT2D eigenvalue weighted by Crippen LogP contribution is 2.33. The van der Waals surface area contributed by atoms with Crippen molar-refractivity contribution in [3.8, 4) is 5.75 Å². The Morgan fingerprint density at radius 2 is 2.05 bits per heavy atom. The Labute approximate surface area is 126 Å². The number of methoxy groups -OCH3 is 1.